The van der Waals surface area contributed by atoms with E-state index in [1.807, 2.05) is 12.1 Å². The molecule has 0 aliphatic carbocycles. The fourth-order valence-electron chi connectivity index (χ4n) is 1.56. The summed E-state index contributed by atoms with van der Waals surface area (Å²) < 4.78 is 0. The van der Waals surface area contributed by atoms with Gasteiger partial charge in [-0.15, -0.1) is 0 Å². The summed E-state index contributed by atoms with van der Waals surface area (Å²) in [5.74, 6) is 0. The van der Waals surface area contributed by atoms with E-state index >= 15 is 0 Å². The first-order valence-electron chi connectivity index (χ1n) is 5.54. The van der Waals surface area contributed by atoms with Gasteiger partial charge >= 0.3 is 0 Å². The van der Waals surface area contributed by atoms with Crippen LogP contribution in [0.1, 0.15) is 11.1 Å². The van der Waals surface area contributed by atoms with Gasteiger partial charge in [0.2, 0.25) is 0 Å². The third kappa shape index (κ3) is 3.39. The van der Waals surface area contributed by atoms with Crippen molar-refractivity contribution < 1.29 is 0 Å². The Labute approximate surface area is 97.3 Å². The van der Waals surface area contributed by atoms with E-state index in [0.717, 1.165) is 6.42 Å². The second kappa shape index (κ2) is 5.92. The Morgan fingerprint density at radius 1 is 0.750 bits per heavy atom. The van der Waals surface area contributed by atoms with Gasteiger partial charge < -0.3 is 0 Å². The molecular weight excluding hydrogens is 192 g/mol. The lowest BCUT2D eigenvalue weighted by Gasteiger charge is -1.96. The van der Waals surface area contributed by atoms with Gasteiger partial charge in [-0.2, -0.15) is 0 Å². The van der Waals surface area contributed by atoms with Gasteiger partial charge in [-0.05, 0) is 24.0 Å². The highest BCUT2D eigenvalue weighted by atomic mass is 13.9. The van der Waals surface area contributed by atoms with Crippen molar-refractivity contribution in [3.63, 3.8) is 0 Å². The van der Waals surface area contributed by atoms with Gasteiger partial charge in [0.1, 0.15) is 0 Å². The average molecular weight is 207 g/mol. The maximum absolute atomic E-state index is 2.18. The summed E-state index contributed by atoms with van der Waals surface area (Å²) in [4.78, 5) is 0. The Morgan fingerprint density at radius 2 is 1.38 bits per heavy atom. The van der Waals surface area contributed by atoms with E-state index in [0.29, 0.717) is 0 Å². The Kier molecular flexibility index (Phi) is 3.95. The molecule has 0 saturated carbocycles. The average Bonchev–Trinajstić information content (AvgIpc) is 2.37. The van der Waals surface area contributed by atoms with Gasteiger partial charge in [0.25, 0.3) is 0 Å². The minimum atomic E-state index is 0.990. The van der Waals surface area contributed by atoms with E-state index in [2.05, 4.69) is 67.1 Å². The van der Waals surface area contributed by atoms with Gasteiger partial charge in [0.15, 0.2) is 0 Å². The normalized spacial score (nSPS) is 10.8. The molecule has 0 spiro atoms. The molecule has 0 saturated heterocycles. The first-order chi connectivity index (χ1) is 7.95. The SMILES string of the molecule is [CH](/C=C/c1ccccc1)Cc1ccccc1. The summed E-state index contributed by atoms with van der Waals surface area (Å²) in [6.45, 7) is 0. The number of hydrogen-bond acceptors (Lipinski definition) is 0. The molecule has 0 aromatic heterocycles. The molecule has 0 heteroatoms. The number of benzene rings is 2. The first kappa shape index (κ1) is 10.7. The molecule has 0 aliphatic heterocycles. The maximum atomic E-state index is 2.18. The minimum Gasteiger partial charge on any atom is -0.0799 e. The molecule has 2 aromatic rings. The maximum Gasteiger partial charge on any atom is -0.0123 e. The summed E-state index contributed by atoms with van der Waals surface area (Å²) in [5.41, 5.74) is 2.59. The van der Waals surface area contributed by atoms with Crippen LogP contribution < -0.4 is 0 Å². The van der Waals surface area contributed by atoms with Crippen molar-refractivity contribution in [1.29, 1.82) is 0 Å². The monoisotopic (exact) mass is 207 g/mol. The van der Waals surface area contributed by atoms with Gasteiger partial charge in [0.05, 0.1) is 0 Å². The molecule has 2 rings (SSSR count). The molecule has 0 heterocycles. The van der Waals surface area contributed by atoms with Gasteiger partial charge in [-0.3, -0.25) is 0 Å². The van der Waals surface area contributed by atoms with E-state index in [1.165, 1.54) is 11.1 Å². The highest BCUT2D eigenvalue weighted by molar-refractivity contribution is 5.50. The zero-order chi connectivity index (χ0) is 11.1. The van der Waals surface area contributed by atoms with E-state index in [9.17, 15) is 0 Å². The lowest BCUT2D eigenvalue weighted by Crippen LogP contribution is -1.82. The molecule has 79 valence electrons. The van der Waals surface area contributed by atoms with Crippen LogP contribution in [-0.4, -0.2) is 0 Å². The second-order valence-corrected chi connectivity index (χ2v) is 3.70. The van der Waals surface area contributed by atoms with Crippen molar-refractivity contribution in [2.24, 2.45) is 0 Å². The summed E-state index contributed by atoms with van der Waals surface area (Å²) in [6, 6.07) is 20.8. The quantitative estimate of drug-likeness (QED) is 0.706. The van der Waals surface area contributed by atoms with E-state index in [4.69, 9.17) is 0 Å². The van der Waals surface area contributed by atoms with Gasteiger partial charge in [-0.1, -0.05) is 72.8 Å². The standard InChI is InChI=1S/C16H15/c1-3-9-15(10-4-1)13-7-8-14-16-11-5-2-6-12-16/h1-13H,14H2/b13-7+. The summed E-state index contributed by atoms with van der Waals surface area (Å²) >= 11 is 0. The van der Waals surface area contributed by atoms with Crippen molar-refractivity contribution >= 4 is 6.08 Å². The van der Waals surface area contributed by atoms with Crippen LogP contribution in [0.5, 0.6) is 0 Å². The third-order valence-electron chi connectivity index (χ3n) is 2.42. The molecule has 0 N–H and O–H groups in total. The number of allylic oxidation sites excluding steroid dienone is 1. The topological polar surface area (TPSA) is 0 Å². The van der Waals surface area contributed by atoms with Crippen LogP contribution in [0.25, 0.3) is 6.08 Å². The summed E-state index contributed by atoms with van der Waals surface area (Å²) in [7, 11) is 0. The van der Waals surface area contributed by atoms with Crippen molar-refractivity contribution in [3.8, 4) is 0 Å². The van der Waals surface area contributed by atoms with Crippen molar-refractivity contribution in [2.75, 3.05) is 0 Å². The summed E-state index contributed by atoms with van der Waals surface area (Å²) in [5, 5.41) is 0. The van der Waals surface area contributed by atoms with Crippen molar-refractivity contribution in [3.05, 3.63) is 84.3 Å². The predicted molar refractivity (Wildman–Crippen MR) is 69.9 cm³/mol. The zero-order valence-electron chi connectivity index (χ0n) is 9.21. The van der Waals surface area contributed by atoms with Crippen molar-refractivity contribution in [2.45, 2.75) is 6.42 Å². The molecule has 0 fully saturated rings. The zero-order valence-corrected chi connectivity index (χ0v) is 9.21. The Morgan fingerprint density at radius 3 is 2.06 bits per heavy atom. The molecule has 0 nitrogen and oxygen atoms in total. The fourth-order valence-corrected chi connectivity index (χ4v) is 1.56. The molecule has 0 unspecified atom stereocenters. The molecule has 16 heavy (non-hydrogen) atoms. The minimum absolute atomic E-state index is 0.990. The molecule has 0 bridgehead atoms. The molecular formula is C16H15. The molecule has 0 aliphatic rings. The highest BCUT2D eigenvalue weighted by Crippen LogP contribution is 2.05. The van der Waals surface area contributed by atoms with Crippen LogP contribution in [0.2, 0.25) is 0 Å². The van der Waals surface area contributed by atoms with Crippen LogP contribution >= 0.6 is 0 Å². The predicted octanol–water partition coefficient (Wildman–Crippen LogP) is 4.15. The number of rotatable bonds is 4. The van der Waals surface area contributed by atoms with Gasteiger partial charge in [-0.25, -0.2) is 0 Å². The van der Waals surface area contributed by atoms with Crippen LogP contribution in [-0.2, 0) is 6.42 Å². The lowest BCUT2D eigenvalue weighted by atomic mass is 10.1. The van der Waals surface area contributed by atoms with Crippen LogP contribution in [0.4, 0.5) is 0 Å². The Bertz CT molecular complexity index is 426. The summed E-state index contributed by atoms with van der Waals surface area (Å²) in [6.07, 6.45) is 7.41. The largest absolute Gasteiger partial charge is 0.0799 e. The van der Waals surface area contributed by atoms with E-state index in [1.54, 1.807) is 0 Å². The lowest BCUT2D eigenvalue weighted by molar-refractivity contribution is 1.20. The first-order valence-corrected chi connectivity index (χ1v) is 5.54. The number of hydrogen-bond donors (Lipinski definition) is 0. The van der Waals surface area contributed by atoms with Crippen molar-refractivity contribution in [1.82, 2.24) is 0 Å². The van der Waals surface area contributed by atoms with E-state index < -0.39 is 0 Å². The molecule has 0 amide bonds. The fraction of sp³-hybridized carbons (Fsp3) is 0.0625. The van der Waals surface area contributed by atoms with E-state index in [-0.39, 0.29) is 0 Å². The van der Waals surface area contributed by atoms with Crippen LogP contribution in [0, 0.1) is 6.42 Å². The van der Waals surface area contributed by atoms with Gasteiger partial charge in [0, 0.05) is 0 Å². The third-order valence-corrected chi connectivity index (χ3v) is 2.42. The van der Waals surface area contributed by atoms with Crippen LogP contribution in [0.3, 0.4) is 0 Å². The smallest absolute Gasteiger partial charge is 0.0123 e. The van der Waals surface area contributed by atoms with Crippen LogP contribution in [0.15, 0.2) is 66.7 Å². The molecule has 1 radical (unpaired) electrons. The molecule has 2 aromatic carbocycles. The Hall–Kier alpha value is -1.82. The molecule has 0 atom stereocenters. The second-order valence-electron chi connectivity index (χ2n) is 3.70. The highest BCUT2D eigenvalue weighted by Gasteiger charge is 1.88. The Balaban J connectivity index is 1.83.